The quantitative estimate of drug-likeness (QED) is 0.175. The summed E-state index contributed by atoms with van der Waals surface area (Å²) in [5.41, 5.74) is 2.19. The van der Waals surface area contributed by atoms with E-state index in [1.54, 1.807) is 60.7 Å². The van der Waals surface area contributed by atoms with Crippen LogP contribution in [0.3, 0.4) is 0 Å². The number of nitrogens with zero attached hydrogens (tertiary/aromatic N) is 1. The minimum Gasteiger partial charge on any atom is -0.354 e. The van der Waals surface area contributed by atoms with Gasteiger partial charge in [-0.3, -0.25) is 19.2 Å². The second-order valence-corrected chi connectivity index (χ2v) is 11.3. The lowest BCUT2D eigenvalue weighted by molar-refractivity contribution is 0.0950. The topological polar surface area (TPSA) is 127 Å². The molecule has 0 saturated carbocycles. The molecule has 44 heavy (non-hydrogen) atoms. The Labute approximate surface area is 260 Å². The molecule has 4 N–H and O–H groups in total. The summed E-state index contributed by atoms with van der Waals surface area (Å²) >= 11 is 12.7. The summed E-state index contributed by atoms with van der Waals surface area (Å²) in [6, 6.07) is 20.5. The summed E-state index contributed by atoms with van der Waals surface area (Å²) in [4.78, 5) is 60.7. The van der Waals surface area contributed by atoms with Crippen molar-refractivity contribution in [2.75, 3.05) is 33.2 Å². The second kappa shape index (κ2) is 12.1. The van der Waals surface area contributed by atoms with Crippen molar-refractivity contribution in [1.29, 1.82) is 0 Å². The Kier molecular flexibility index (Phi) is 8.09. The van der Waals surface area contributed by atoms with Crippen LogP contribution < -0.4 is 21.5 Å². The highest BCUT2D eigenvalue weighted by Crippen LogP contribution is 2.26. The fourth-order valence-corrected chi connectivity index (χ4v) is 5.86. The third-order valence-electron chi connectivity index (χ3n) is 7.67. The molecule has 0 unspecified atom stereocenters. The van der Waals surface area contributed by atoms with Crippen LogP contribution in [0.5, 0.6) is 0 Å². The fourth-order valence-electron chi connectivity index (χ4n) is 5.38. The lowest BCUT2D eigenvalue weighted by atomic mass is 10.1. The highest BCUT2D eigenvalue weighted by atomic mass is 35.5. The molecule has 0 bridgehead atoms. The number of H-pyrrole nitrogens is 2. The molecule has 0 saturated heterocycles. The molecule has 0 spiro atoms. The molecule has 0 radical (unpaired) electrons. The van der Waals surface area contributed by atoms with Gasteiger partial charge in [-0.2, -0.15) is 0 Å². The Bertz CT molecular complexity index is 2070. The van der Waals surface area contributed by atoms with E-state index in [1.807, 2.05) is 24.1 Å². The van der Waals surface area contributed by atoms with Gasteiger partial charge < -0.3 is 25.5 Å². The van der Waals surface area contributed by atoms with Gasteiger partial charge in [0, 0.05) is 48.0 Å². The molecule has 222 valence electrons. The van der Waals surface area contributed by atoms with Gasteiger partial charge in [-0.1, -0.05) is 47.5 Å². The minimum atomic E-state index is -0.338. The average molecular weight is 629 g/mol. The molecule has 4 aromatic carbocycles. The highest BCUT2D eigenvalue weighted by molar-refractivity contribution is 6.36. The first-order valence-electron chi connectivity index (χ1n) is 14.0. The number of hydrogen-bond acceptors (Lipinski definition) is 5. The van der Waals surface area contributed by atoms with Gasteiger partial charge >= 0.3 is 0 Å². The molecular formula is C33H27Cl2N5O4. The number of carbonyl (C=O) groups is 2. The van der Waals surface area contributed by atoms with Crippen LogP contribution in [0.2, 0.25) is 10.0 Å². The zero-order valence-corrected chi connectivity index (χ0v) is 25.1. The lowest BCUT2D eigenvalue weighted by Gasteiger charge is -2.18. The number of rotatable bonds is 8. The molecule has 0 aliphatic carbocycles. The van der Waals surface area contributed by atoms with Gasteiger partial charge in [0.1, 0.15) is 0 Å². The lowest BCUT2D eigenvalue weighted by Crippen LogP contribution is -2.37. The molecule has 0 fully saturated rings. The Morgan fingerprint density at radius 2 is 1.07 bits per heavy atom. The number of aromatic nitrogens is 2. The van der Waals surface area contributed by atoms with E-state index in [0.29, 0.717) is 70.1 Å². The highest BCUT2D eigenvalue weighted by Gasteiger charge is 2.18. The van der Waals surface area contributed by atoms with Gasteiger partial charge in [-0.15, -0.1) is 0 Å². The van der Waals surface area contributed by atoms with Crippen molar-refractivity contribution < 1.29 is 9.59 Å². The standard InChI is InChI=1S/C33H27Cl2N5O4/c1-40(16-14-36-32(43)20-10-12-22(34)26-28(20)38-24-8-4-2-6-18(24)30(26)41)17-15-37-33(44)21-11-13-23(35)27-29(21)39-25-9-5-3-7-19(25)31(27)42/h2-13H,14-17H2,1H3,(H,36,43)(H,37,44)(H,38,41)(H,39,42). The van der Waals surface area contributed by atoms with Crippen LogP contribution >= 0.6 is 23.2 Å². The summed E-state index contributed by atoms with van der Waals surface area (Å²) < 4.78 is 0. The first-order valence-corrected chi connectivity index (χ1v) is 14.7. The normalized spacial score (nSPS) is 11.5. The van der Waals surface area contributed by atoms with E-state index in [0.717, 1.165) is 0 Å². The Morgan fingerprint density at radius 3 is 1.50 bits per heavy atom. The van der Waals surface area contributed by atoms with Gasteiger partial charge in [0.05, 0.1) is 43.0 Å². The van der Waals surface area contributed by atoms with E-state index in [2.05, 4.69) is 20.6 Å². The molecule has 6 rings (SSSR count). The summed E-state index contributed by atoms with van der Waals surface area (Å²) in [6.45, 7) is 1.69. The van der Waals surface area contributed by atoms with Crippen molar-refractivity contribution >= 4 is 78.6 Å². The smallest absolute Gasteiger partial charge is 0.253 e. The van der Waals surface area contributed by atoms with Crippen molar-refractivity contribution in [1.82, 2.24) is 25.5 Å². The van der Waals surface area contributed by atoms with E-state index in [1.165, 1.54) is 0 Å². The maximum Gasteiger partial charge on any atom is 0.253 e. The maximum absolute atomic E-state index is 13.1. The van der Waals surface area contributed by atoms with Crippen LogP contribution in [0.1, 0.15) is 20.7 Å². The summed E-state index contributed by atoms with van der Waals surface area (Å²) in [6.07, 6.45) is 0. The van der Waals surface area contributed by atoms with Crippen LogP contribution in [0, 0.1) is 0 Å². The number of pyridine rings is 2. The van der Waals surface area contributed by atoms with Crippen molar-refractivity contribution in [3.8, 4) is 0 Å². The number of fused-ring (bicyclic) bond motifs is 4. The van der Waals surface area contributed by atoms with Gasteiger partial charge in [0.15, 0.2) is 10.9 Å². The SMILES string of the molecule is CN(CCNC(=O)c1ccc(Cl)c2c(=O)c3ccccc3[nH]c12)CCNC(=O)c1ccc(Cl)c2c(=O)c3ccccc3[nH]c12. The zero-order valence-electron chi connectivity index (χ0n) is 23.6. The zero-order chi connectivity index (χ0) is 31.0. The molecule has 6 aromatic rings. The van der Waals surface area contributed by atoms with Crippen molar-refractivity contribution in [3.63, 3.8) is 0 Å². The molecule has 2 heterocycles. The van der Waals surface area contributed by atoms with E-state index in [9.17, 15) is 19.2 Å². The number of amides is 2. The average Bonchev–Trinajstić information content (AvgIpc) is 3.01. The molecule has 2 aromatic heterocycles. The Balaban J connectivity index is 1.08. The molecule has 0 aliphatic heterocycles. The molecule has 0 atom stereocenters. The minimum absolute atomic E-state index is 0.234. The molecule has 9 nitrogen and oxygen atoms in total. The third kappa shape index (κ3) is 5.41. The van der Waals surface area contributed by atoms with Crippen molar-refractivity contribution in [2.24, 2.45) is 0 Å². The predicted molar refractivity (Wildman–Crippen MR) is 176 cm³/mol. The number of aromatic amines is 2. The van der Waals surface area contributed by atoms with Gasteiger partial charge in [-0.05, 0) is 55.6 Å². The Morgan fingerprint density at radius 1 is 0.659 bits per heavy atom. The number of halogens is 2. The van der Waals surface area contributed by atoms with Crippen LogP contribution in [-0.2, 0) is 0 Å². The van der Waals surface area contributed by atoms with E-state index >= 15 is 0 Å². The van der Waals surface area contributed by atoms with E-state index in [4.69, 9.17) is 23.2 Å². The van der Waals surface area contributed by atoms with Gasteiger partial charge in [-0.25, -0.2) is 0 Å². The van der Waals surface area contributed by atoms with Gasteiger partial charge in [0.25, 0.3) is 11.8 Å². The number of benzene rings is 4. The van der Waals surface area contributed by atoms with Gasteiger partial charge in [0.2, 0.25) is 0 Å². The first-order chi connectivity index (χ1) is 21.2. The molecular weight excluding hydrogens is 601 g/mol. The fraction of sp³-hybridized carbons (Fsp3) is 0.152. The summed E-state index contributed by atoms with van der Waals surface area (Å²) in [5.74, 6) is -0.675. The first kappa shape index (κ1) is 29.4. The number of nitrogens with one attached hydrogen (secondary N) is 4. The number of para-hydroxylation sites is 2. The third-order valence-corrected chi connectivity index (χ3v) is 8.30. The van der Waals surface area contributed by atoms with Crippen LogP contribution in [-0.4, -0.2) is 59.9 Å². The second-order valence-electron chi connectivity index (χ2n) is 10.5. The Hall–Kier alpha value is -4.70. The number of likely N-dealkylation sites (N-methyl/N-ethyl adjacent to an activating group) is 1. The molecule has 0 aliphatic rings. The number of carbonyl (C=O) groups excluding carboxylic acids is 2. The van der Waals surface area contributed by atoms with Crippen LogP contribution in [0.25, 0.3) is 43.6 Å². The van der Waals surface area contributed by atoms with E-state index in [-0.39, 0.29) is 43.5 Å². The van der Waals surface area contributed by atoms with Crippen LogP contribution in [0.15, 0.2) is 82.4 Å². The summed E-state index contributed by atoms with van der Waals surface area (Å²) in [5, 5.41) is 7.90. The maximum atomic E-state index is 13.1. The summed E-state index contributed by atoms with van der Waals surface area (Å²) in [7, 11) is 1.88. The largest absolute Gasteiger partial charge is 0.354 e. The van der Waals surface area contributed by atoms with E-state index < -0.39 is 0 Å². The predicted octanol–water partition coefficient (Wildman–Crippen LogP) is 5.07. The van der Waals surface area contributed by atoms with Crippen LogP contribution in [0.4, 0.5) is 0 Å². The van der Waals surface area contributed by atoms with Crippen molar-refractivity contribution in [3.05, 3.63) is 114 Å². The van der Waals surface area contributed by atoms with Crippen molar-refractivity contribution in [2.45, 2.75) is 0 Å². The number of hydrogen-bond donors (Lipinski definition) is 4. The molecule has 11 heteroatoms. The molecule has 2 amide bonds. The monoisotopic (exact) mass is 627 g/mol.